The summed E-state index contributed by atoms with van der Waals surface area (Å²) < 4.78 is 0. The summed E-state index contributed by atoms with van der Waals surface area (Å²) in [6.45, 7) is 7.91. The topological polar surface area (TPSA) is 70.4 Å². The highest BCUT2D eigenvalue weighted by molar-refractivity contribution is 5.96. The first-order valence-electron chi connectivity index (χ1n) is 7.81. The Morgan fingerprint density at radius 2 is 2.24 bits per heavy atom. The molecule has 4 N–H and O–H groups in total. The van der Waals surface area contributed by atoms with Crippen LogP contribution in [-0.4, -0.2) is 43.0 Å². The monoisotopic (exact) mass is 290 g/mol. The second-order valence-electron chi connectivity index (χ2n) is 5.47. The van der Waals surface area contributed by atoms with Crippen molar-refractivity contribution in [3.8, 4) is 0 Å². The maximum absolute atomic E-state index is 11.8. The summed E-state index contributed by atoms with van der Waals surface area (Å²) in [7, 11) is 0. The number of likely N-dealkylation sites (N-methyl/N-ethyl adjacent to an activating group) is 1. The number of likely N-dealkylation sites (tertiary alicyclic amines) is 1. The first-order valence-corrected chi connectivity index (χ1v) is 7.81. The second-order valence-corrected chi connectivity index (χ2v) is 5.47. The van der Waals surface area contributed by atoms with Crippen LogP contribution in [0.3, 0.4) is 0 Å². The van der Waals surface area contributed by atoms with Gasteiger partial charge in [-0.1, -0.05) is 6.92 Å². The third-order valence-corrected chi connectivity index (χ3v) is 4.08. The predicted octanol–water partition coefficient (Wildman–Crippen LogP) is 1.91. The molecule has 1 saturated heterocycles. The highest BCUT2D eigenvalue weighted by atomic mass is 16.1. The molecule has 0 saturated carbocycles. The number of carbonyl (C=O) groups is 1. The van der Waals surface area contributed by atoms with Crippen LogP contribution in [0.15, 0.2) is 18.2 Å². The van der Waals surface area contributed by atoms with E-state index >= 15 is 0 Å². The Morgan fingerprint density at radius 3 is 2.90 bits per heavy atom. The molecule has 116 valence electrons. The third kappa shape index (κ3) is 3.88. The van der Waals surface area contributed by atoms with Crippen LogP contribution in [0.4, 0.5) is 11.4 Å². The number of amides is 1. The van der Waals surface area contributed by atoms with Crippen molar-refractivity contribution < 1.29 is 4.79 Å². The molecule has 1 fully saturated rings. The van der Waals surface area contributed by atoms with E-state index in [0.717, 1.165) is 18.8 Å². The van der Waals surface area contributed by atoms with Gasteiger partial charge >= 0.3 is 0 Å². The Labute approximate surface area is 126 Å². The lowest BCUT2D eigenvalue weighted by atomic mass is 10.1. The molecule has 0 bridgehead atoms. The van der Waals surface area contributed by atoms with Gasteiger partial charge in [-0.3, -0.25) is 9.69 Å². The van der Waals surface area contributed by atoms with Gasteiger partial charge in [0.05, 0.1) is 11.4 Å². The zero-order valence-corrected chi connectivity index (χ0v) is 13.0. The van der Waals surface area contributed by atoms with Crippen molar-refractivity contribution in [2.75, 3.05) is 37.2 Å². The average molecular weight is 290 g/mol. The van der Waals surface area contributed by atoms with Crippen molar-refractivity contribution in [3.05, 3.63) is 23.8 Å². The summed E-state index contributed by atoms with van der Waals surface area (Å²) in [6, 6.07) is 6.03. The molecule has 0 aliphatic carbocycles. The smallest absolute Gasteiger partial charge is 0.251 e. The van der Waals surface area contributed by atoms with Crippen LogP contribution in [0.2, 0.25) is 0 Å². The van der Waals surface area contributed by atoms with Gasteiger partial charge in [0.2, 0.25) is 0 Å². The summed E-state index contributed by atoms with van der Waals surface area (Å²) in [6.07, 6.45) is 2.50. The molecule has 1 amide bonds. The second kappa shape index (κ2) is 7.31. The quantitative estimate of drug-likeness (QED) is 0.700. The van der Waals surface area contributed by atoms with Gasteiger partial charge in [-0.15, -0.1) is 0 Å². The Bertz CT molecular complexity index is 489. The van der Waals surface area contributed by atoms with Crippen molar-refractivity contribution in [3.63, 3.8) is 0 Å². The molecule has 1 heterocycles. The van der Waals surface area contributed by atoms with E-state index in [1.165, 1.54) is 19.4 Å². The third-order valence-electron chi connectivity index (χ3n) is 4.08. The zero-order chi connectivity index (χ0) is 15.2. The van der Waals surface area contributed by atoms with Gasteiger partial charge in [0.1, 0.15) is 0 Å². The summed E-state index contributed by atoms with van der Waals surface area (Å²) in [5.74, 6) is -0.0799. The van der Waals surface area contributed by atoms with Crippen molar-refractivity contribution in [2.24, 2.45) is 0 Å². The SMILES string of the molecule is CCNC(=O)c1ccc(NCC2CCCN2CC)c(N)c1. The zero-order valence-electron chi connectivity index (χ0n) is 13.0. The van der Waals surface area contributed by atoms with E-state index in [1.54, 1.807) is 6.07 Å². The van der Waals surface area contributed by atoms with E-state index < -0.39 is 0 Å². The molecule has 0 spiro atoms. The lowest BCUT2D eigenvalue weighted by molar-refractivity contribution is 0.0956. The number of carbonyl (C=O) groups excluding carboxylic acids is 1. The molecule has 1 unspecified atom stereocenters. The molecule has 5 heteroatoms. The van der Waals surface area contributed by atoms with E-state index in [4.69, 9.17) is 5.73 Å². The van der Waals surface area contributed by atoms with E-state index in [-0.39, 0.29) is 5.91 Å². The number of nitrogens with zero attached hydrogens (tertiary/aromatic N) is 1. The van der Waals surface area contributed by atoms with Crippen LogP contribution < -0.4 is 16.4 Å². The lowest BCUT2D eigenvalue weighted by Crippen LogP contribution is -2.34. The Balaban J connectivity index is 1.96. The highest BCUT2D eigenvalue weighted by Gasteiger charge is 2.22. The maximum atomic E-state index is 11.8. The fraction of sp³-hybridized carbons (Fsp3) is 0.562. The molecular weight excluding hydrogens is 264 g/mol. The van der Waals surface area contributed by atoms with Crippen LogP contribution in [0.25, 0.3) is 0 Å². The van der Waals surface area contributed by atoms with Gasteiger partial charge < -0.3 is 16.4 Å². The molecule has 0 aromatic heterocycles. The molecule has 1 aliphatic rings. The number of nitrogen functional groups attached to an aromatic ring is 1. The van der Waals surface area contributed by atoms with Gasteiger partial charge in [0.15, 0.2) is 0 Å². The van der Waals surface area contributed by atoms with E-state index in [0.29, 0.717) is 23.8 Å². The molecule has 1 aliphatic heterocycles. The van der Waals surface area contributed by atoms with E-state index in [2.05, 4.69) is 22.5 Å². The van der Waals surface area contributed by atoms with Crippen LogP contribution in [0, 0.1) is 0 Å². The number of anilines is 2. The van der Waals surface area contributed by atoms with Crippen molar-refractivity contribution in [1.29, 1.82) is 0 Å². The number of benzene rings is 1. The van der Waals surface area contributed by atoms with Gasteiger partial charge in [-0.05, 0) is 51.1 Å². The number of nitrogens with one attached hydrogen (secondary N) is 2. The first-order chi connectivity index (χ1) is 10.2. The number of rotatable bonds is 6. The Kier molecular flexibility index (Phi) is 5.44. The van der Waals surface area contributed by atoms with Crippen molar-refractivity contribution in [2.45, 2.75) is 32.7 Å². The van der Waals surface area contributed by atoms with Crippen molar-refractivity contribution >= 4 is 17.3 Å². The Hall–Kier alpha value is -1.75. The highest BCUT2D eigenvalue weighted by Crippen LogP contribution is 2.22. The summed E-state index contributed by atoms with van der Waals surface area (Å²) in [4.78, 5) is 14.3. The lowest BCUT2D eigenvalue weighted by Gasteiger charge is -2.23. The van der Waals surface area contributed by atoms with Gasteiger partial charge in [0.25, 0.3) is 5.91 Å². The Morgan fingerprint density at radius 1 is 1.43 bits per heavy atom. The van der Waals surface area contributed by atoms with Crippen LogP contribution in [0.5, 0.6) is 0 Å². The molecule has 5 nitrogen and oxygen atoms in total. The summed E-state index contributed by atoms with van der Waals surface area (Å²) in [5.41, 5.74) is 8.19. The molecule has 0 radical (unpaired) electrons. The fourth-order valence-electron chi connectivity index (χ4n) is 2.90. The normalized spacial score (nSPS) is 18.7. The van der Waals surface area contributed by atoms with E-state index in [9.17, 15) is 4.79 Å². The van der Waals surface area contributed by atoms with Crippen LogP contribution in [0.1, 0.15) is 37.0 Å². The molecule has 1 aromatic carbocycles. The largest absolute Gasteiger partial charge is 0.397 e. The predicted molar refractivity (Wildman–Crippen MR) is 87.6 cm³/mol. The van der Waals surface area contributed by atoms with E-state index in [1.807, 2.05) is 19.1 Å². The maximum Gasteiger partial charge on any atom is 0.251 e. The average Bonchev–Trinajstić information content (AvgIpc) is 2.93. The summed E-state index contributed by atoms with van der Waals surface area (Å²) >= 11 is 0. The minimum absolute atomic E-state index is 0.0799. The molecular formula is C16H26N4O. The van der Waals surface area contributed by atoms with Crippen molar-refractivity contribution in [1.82, 2.24) is 10.2 Å². The minimum Gasteiger partial charge on any atom is -0.397 e. The minimum atomic E-state index is -0.0799. The summed E-state index contributed by atoms with van der Waals surface area (Å²) in [5, 5.41) is 6.20. The molecule has 1 atom stereocenters. The number of hydrogen-bond acceptors (Lipinski definition) is 4. The molecule has 2 rings (SSSR count). The number of hydrogen-bond donors (Lipinski definition) is 3. The van der Waals surface area contributed by atoms with Gasteiger partial charge in [-0.25, -0.2) is 0 Å². The fourth-order valence-corrected chi connectivity index (χ4v) is 2.90. The molecule has 21 heavy (non-hydrogen) atoms. The number of nitrogens with two attached hydrogens (primary N) is 1. The van der Waals surface area contributed by atoms with Gasteiger partial charge in [-0.2, -0.15) is 0 Å². The van der Waals surface area contributed by atoms with Crippen LogP contribution >= 0.6 is 0 Å². The van der Waals surface area contributed by atoms with Gasteiger partial charge in [0, 0.05) is 24.7 Å². The van der Waals surface area contributed by atoms with Crippen LogP contribution in [-0.2, 0) is 0 Å². The molecule has 1 aromatic rings. The standard InChI is InChI=1S/C16H26N4O/c1-3-18-16(21)12-7-8-15(14(17)10-12)19-11-13-6-5-9-20(13)4-2/h7-8,10,13,19H,3-6,9,11,17H2,1-2H3,(H,18,21). The first kappa shape index (κ1) is 15.6.